The fraction of sp³-hybridized carbons (Fsp3) is 0.481. The number of carbonyl (C=O) groups is 1. The van der Waals surface area contributed by atoms with Crippen LogP contribution in [0, 0.1) is 11.7 Å². The van der Waals surface area contributed by atoms with E-state index in [0.717, 1.165) is 85.5 Å². The predicted octanol–water partition coefficient (Wildman–Crippen LogP) is 2.40. The van der Waals surface area contributed by atoms with Gasteiger partial charge >= 0.3 is 0 Å². The number of likely N-dealkylation sites (N-methyl/N-ethyl adjacent to an activating group) is 1. The molecule has 1 atom stereocenters. The van der Waals surface area contributed by atoms with Gasteiger partial charge in [0.1, 0.15) is 5.82 Å². The molecule has 2 fully saturated rings. The second kappa shape index (κ2) is 8.91. The van der Waals surface area contributed by atoms with Crippen LogP contribution in [0.15, 0.2) is 40.8 Å². The van der Waals surface area contributed by atoms with Crippen LogP contribution in [0.3, 0.4) is 0 Å². The van der Waals surface area contributed by atoms with Gasteiger partial charge in [-0.3, -0.25) is 15.1 Å². The molecule has 0 aromatic heterocycles. The summed E-state index contributed by atoms with van der Waals surface area (Å²) in [6.45, 7) is 3.76. The molecule has 4 heterocycles. The Morgan fingerprint density at radius 3 is 2.83 bits per heavy atom. The number of hydrogen-bond acceptors (Lipinski definition) is 6. The van der Waals surface area contributed by atoms with E-state index in [4.69, 9.17) is 5.10 Å². The molecule has 0 spiro atoms. The number of carbonyl (C=O) groups excluding carboxylic acids is 1. The highest BCUT2D eigenvalue weighted by atomic mass is 19.1. The van der Waals surface area contributed by atoms with E-state index < -0.39 is 0 Å². The molecule has 2 N–H and O–H groups in total. The third-order valence-corrected chi connectivity index (χ3v) is 8.10. The van der Waals surface area contributed by atoms with Crippen molar-refractivity contribution >= 4 is 23.3 Å². The van der Waals surface area contributed by atoms with E-state index in [1.54, 1.807) is 12.1 Å². The Kier molecular flexibility index (Phi) is 5.73. The standard InChI is InChI=1S/C27H32FN5O2/c1-31-13-22(17-6-9-32(10-7-17)15-25(35)33-8-2-3-20(33)16-34)27-23(14-31)21-12-19(28)11-18-4-5-24(26(18)21)29-30-27/h4-5,11-12,14,17,20,30,34H,2-3,6-10,13,15-16H2,1H3/t20-/m0/s1. The molecule has 4 aliphatic heterocycles. The predicted molar refractivity (Wildman–Crippen MR) is 134 cm³/mol. The van der Waals surface area contributed by atoms with Crippen LogP contribution in [0.2, 0.25) is 0 Å². The van der Waals surface area contributed by atoms with Gasteiger partial charge in [0.2, 0.25) is 5.91 Å². The summed E-state index contributed by atoms with van der Waals surface area (Å²) in [7, 11) is 2.07. The zero-order chi connectivity index (χ0) is 24.1. The number of halogens is 1. The molecule has 0 radical (unpaired) electrons. The summed E-state index contributed by atoms with van der Waals surface area (Å²) in [5.74, 6) is 0.272. The van der Waals surface area contributed by atoms with E-state index >= 15 is 0 Å². The van der Waals surface area contributed by atoms with Crippen LogP contribution >= 0.6 is 0 Å². The van der Waals surface area contributed by atoms with Crippen LogP contribution in [0.4, 0.5) is 4.39 Å². The quantitative estimate of drug-likeness (QED) is 0.697. The Hall–Kier alpha value is -2.97. The van der Waals surface area contributed by atoms with Crippen molar-refractivity contribution in [2.24, 2.45) is 11.0 Å². The molecular weight excluding hydrogens is 445 g/mol. The lowest BCUT2D eigenvalue weighted by atomic mass is 9.83. The van der Waals surface area contributed by atoms with Gasteiger partial charge in [-0.1, -0.05) is 6.08 Å². The van der Waals surface area contributed by atoms with Gasteiger partial charge in [-0.15, -0.1) is 0 Å². The summed E-state index contributed by atoms with van der Waals surface area (Å²) in [5, 5.41) is 14.2. The van der Waals surface area contributed by atoms with Crippen molar-refractivity contribution in [3.05, 3.63) is 58.2 Å². The topological polar surface area (TPSA) is 71.4 Å². The summed E-state index contributed by atoms with van der Waals surface area (Å²) >= 11 is 0. The molecule has 184 valence electrons. The van der Waals surface area contributed by atoms with E-state index in [1.807, 2.05) is 17.1 Å². The average molecular weight is 478 g/mol. The first-order valence-electron chi connectivity index (χ1n) is 12.7. The highest BCUT2D eigenvalue weighted by Crippen LogP contribution is 2.40. The number of piperidine rings is 1. The van der Waals surface area contributed by atoms with Crippen molar-refractivity contribution < 1.29 is 14.3 Å². The molecule has 5 aliphatic rings. The van der Waals surface area contributed by atoms with Crippen molar-refractivity contribution in [3.63, 3.8) is 0 Å². The Balaban J connectivity index is 1.22. The van der Waals surface area contributed by atoms with Crippen LogP contribution in [-0.2, 0) is 4.79 Å². The minimum atomic E-state index is -0.235. The van der Waals surface area contributed by atoms with E-state index in [1.165, 1.54) is 5.57 Å². The second-order valence-corrected chi connectivity index (χ2v) is 10.3. The van der Waals surface area contributed by atoms with Crippen molar-refractivity contribution in [1.29, 1.82) is 0 Å². The number of hydrogen-bond donors (Lipinski definition) is 2. The van der Waals surface area contributed by atoms with Crippen LogP contribution in [0.1, 0.15) is 42.4 Å². The Morgan fingerprint density at radius 2 is 2.03 bits per heavy atom. The van der Waals surface area contributed by atoms with E-state index in [-0.39, 0.29) is 24.4 Å². The van der Waals surface area contributed by atoms with Crippen LogP contribution in [0.25, 0.3) is 11.6 Å². The normalized spacial score (nSPS) is 24.1. The van der Waals surface area contributed by atoms with Crippen LogP contribution in [0.5, 0.6) is 0 Å². The number of likely N-dealkylation sites (tertiary alicyclic amines) is 2. The number of nitrogens with one attached hydrogen (secondary N) is 1. The van der Waals surface area contributed by atoms with E-state index in [2.05, 4.69) is 28.5 Å². The number of benzene rings is 1. The summed E-state index contributed by atoms with van der Waals surface area (Å²) in [6, 6.07) is 3.18. The number of nitrogens with zero attached hydrogens (tertiary/aromatic N) is 4. The van der Waals surface area contributed by atoms with Gasteiger partial charge in [-0.25, -0.2) is 4.39 Å². The summed E-state index contributed by atoms with van der Waals surface area (Å²) < 4.78 is 14.5. The maximum atomic E-state index is 14.5. The SMILES string of the molecule is CN1C=C2C(=C(C3CCN(CC(=O)N4CCC[C@H]4CO)CC3)C1)NN=C1C=Cc3cc(F)cc2c31. The molecule has 1 aliphatic carbocycles. The first-order valence-corrected chi connectivity index (χ1v) is 12.7. The Labute approximate surface area is 205 Å². The molecule has 0 bridgehead atoms. The van der Waals surface area contributed by atoms with Crippen LogP contribution in [-0.4, -0.2) is 83.8 Å². The Bertz CT molecular complexity index is 1180. The molecule has 1 aromatic rings. The maximum absolute atomic E-state index is 14.5. The van der Waals surface area contributed by atoms with Gasteiger partial charge in [0.15, 0.2) is 0 Å². The maximum Gasteiger partial charge on any atom is 0.237 e. The third-order valence-electron chi connectivity index (χ3n) is 8.10. The zero-order valence-corrected chi connectivity index (χ0v) is 20.1. The largest absolute Gasteiger partial charge is 0.394 e. The number of amides is 1. The third kappa shape index (κ3) is 3.98. The molecule has 6 rings (SSSR count). The minimum Gasteiger partial charge on any atom is -0.394 e. The van der Waals surface area contributed by atoms with Crippen molar-refractivity contribution in [3.8, 4) is 0 Å². The van der Waals surface area contributed by atoms with Gasteiger partial charge in [0, 0.05) is 37.5 Å². The molecular formula is C27H32FN5O2. The number of aliphatic hydroxyl groups is 1. The number of rotatable bonds is 4. The monoisotopic (exact) mass is 477 g/mol. The number of aliphatic hydroxyl groups excluding tert-OH is 1. The zero-order valence-electron chi connectivity index (χ0n) is 20.1. The van der Waals surface area contributed by atoms with Gasteiger partial charge < -0.3 is 14.9 Å². The van der Waals surface area contributed by atoms with Crippen molar-refractivity contribution in [2.75, 3.05) is 46.4 Å². The molecule has 8 heteroatoms. The molecule has 7 nitrogen and oxygen atoms in total. The average Bonchev–Trinajstić information content (AvgIpc) is 3.46. The molecule has 1 amide bonds. The fourth-order valence-corrected chi connectivity index (χ4v) is 6.32. The highest BCUT2D eigenvalue weighted by molar-refractivity contribution is 6.20. The van der Waals surface area contributed by atoms with Gasteiger partial charge in [0.25, 0.3) is 0 Å². The first kappa shape index (κ1) is 22.5. The molecule has 2 saturated heterocycles. The Morgan fingerprint density at radius 1 is 1.20 bits per heavy atom. The summed E-state index contributed by atoms with van der Waals surface area (Å²) in [4.78, 5) is 19.1. The lowest BCUT2D eigenvalue weighted by Crippen LogP contribution is -2.46. The summed E-state index contributed by atoms with van der Waals surface area (Å²) in [5.41, 5.74) is 10.2. The molecule has 35 heavy (non-hydrogen) atoms. The highest BCUT2D eigenvalue weighted by Gasteiger charge is 2.34. The molecule has 1 aromatic carbocycles. The number of allylic oxidation sites excluding steroid dienone is 2. The first-order chi connectivity index (χ1) is 17.0. The lowest BCUT2D eigenvalue weighted by molar-refractivity contribution is -0.134. The lowest BCUT2D eigenvalue weighted by Gasteiger charge is -2.37. The summed E-state index contributed by atoms with van der Waals surface area (Å²) in [6.07, 6.45) is 9.77. The van der Waals surface area contributed by atoms with Crippen molar-refractivity contribution in [2.45, 2.75) is 31.7 Å². The number of fused-ring (bicyclic) bond motifs is 2. The smallest absolute Gasteiger partial charge is 0.237 e. The number of hydrazone groups is 1. The van der Waals surface area contributed by atoms with Crippen molar-refractivity contribution in [1.82, 2.24) is 20.1 Å². The molecule has 0 unspecified atom stereocenters. The second-order valence-electron chi connectivity index (χ2n) is 10.3. The van der Waals surface area contributed by atoms with Gasteiger partial charge in [-0.05, 0) is 79.6 Å². The van der Waals surface area contributed by atoms with Gasteiger partial charge in [-0.2, -0.15) is 5.10 Å². The van der Waals surface area contributed by atoms with E-state index in [0.29, 0.717) is 12.5 Å². The fourth-order valence-electron chi connectivity index (χ4n) is 6.32. The molecule has 0 saturated carbocycles. The van der Waals surface area contributed by atoms with Crippen LogP contribution < -0.4 is 5.43 Å². The van der Waals surface area contributed by atoms with E-state index in [9.17, 15) is 14.3 Å². The minimum absolute atomic E-state index is 0.0170. The van der Waals surface area contributed by atoms with Gasteiger partial charge in [0.05, 0.1) is 30.6 Å².